The van der Waals surface area contributed by atoms with Crippen molar-refractivity contribution in [3.63, 3.8) is 0 Å². The first kappa shape index (κ1) is 10.6. The molecule has 0 aliphatic carbocycles. The summed E-state index contributed by atoms with van der Waals surface area (Å²) in [4.78, 5) is 2.55. The lowest BCUT2D eigenvalue weighted by Gasteiger charge is -2.22. The van der Waals surface area contributed by atoms with Gasteiger partial charge in [0.15, 0.2) is 0 Å². The molecule has 0 spiro atoms. The molecule has 1 aliphatic rings. The summed E-state index contributed by atoms with van der Waals surface area (Å²) in [6.45, 7) is 4.72. The zero-order valence-electron chi connectivity index (χ0n) is 10.4. The number of benzene rings is 2. The predicted octanol–water partition coefficient (Wildman–Crippen LogP) is 4.00. The molecule has 2 aromatic rings. The number of rotatable bonds is 2. The molecule has 0 radical (unpaired) electrons. The first-order valence-electron chi connectivity index (χ1n) is 6.65. The van der Waals surface area contributed by atoms with Crippen LogP contribution in [0.1, 0.15) is 25.3 Å². The Morgan fingerprint density at radius 2 is 1.76 bits per heavy atom. The van der Waals surface area contributed by atoms with Crippen LogP contribution < -0.4 is 4.90 Å². The predicted molar refractivity (Wildman–Crippen MR) is 74.8 cm³/mol. The van der Waals surface area contributed by atoms with Crippen molar-refractivity contribution < 1.29 is 0 Å². The van der Waals surface area contributed by atoms with Gasteiger partial charge in [-0.3, -0.25) is 0 Å². The Kier molecular flexibility index (Phi) is 2.76. The van der Waals surface area contributed by atoms with Gasteiger partial charge in [-0.25, -0.2) is 0 Å². The van der Waals surface area contributed by atoms with Crippen molar-refractivity contribution in [3.8, 4) is 0 Å². The van der Waals surface area contributed by atoms with Crippen LogP contribution in [0.25, 0.3) is 10.8 Å². The topological polar surface area (TPSA) is 3.24 Å². The number of hydrogen-bond acceptors (Lipinski definition) is 1. The Hall–Kier alpha value is -1.50. The fourth-order valence-corrected chi connectivity index (χ4v) is 2.95. The van der Waals surface area contributed by atoms with Crippen LogP contribution in [0.2, 0.25) is 0 Å². The van der Waals surface area contributed by atoms with Crippen LogP contribution in [0.15, 0.2) is 36.4 Å². The van der Waals surface area contributed by atoms with Crippen LogP contribution in [0, 0.1) is 0 Å². The quantitative estimate of drug-likeness (QED) is 0.746. The van der Waals surface area contributed by atoms with E-state index in [1.54, 1.807) is 0 Å². The maximum atomic E-state index is 2.55. The summed E-state index contributed by atoms with van der Waals surface area (Å²) in [7, 11) is 0. The molecular formula is C16H19N. The second-order valence-electron chi connectivity index (χ2n) is 4.83. The third kappa shape index (κ3) is 1.80. The van der Waals surface area contributed by atoms with Crippen LogP contribution in [0.5, 0.6) is 0 Å². The molecule has 0 atom stereocenters. The molecule has 3 rings (SSSR count). The summed E-state index contributed by atoms with van der Waals surface area (Å²) in [5.41, 5.74) is 2.98. The first-order chi connectivity index (χ1) is 8.40. The molecule has 2 aromatic carbocycles. The maximum absolute atomic E-state index is 2.55. The van der Waals surface area contributed by atoms with Gasteiger partial charge in [0, 0.05) is 18.8 Å². The van der Waals surface area contributed by atoms with Gasteiger partial charge in [-0.2, -0.15) is 0 Å². The third-order valence-electron chi connectivity index (χ3n) is 3.82. The summed E-state index contributed by atoms with van der Waals surface area (Å²) in [6.07, 6.45) is 3.80. The molecule has 1 nitrogen and oxygen atoms in total. The SMILES string of the molecule is CCc1c(N2CCCC2)ccc2ccccc12. The van der Waals surface area contributed by atoms with Crippen LogP contribution in [-0.2, 0) is 6.42 Å². The molecule has 0 unspecified atom stereocenters. The van der Waals surface area contributed by atoms with Gasteiger partial charge in [0.1, 0.15) is 0 Å². The molecule has 0 saturated carbocycles. The average molecular weight is 225 g/mol. The number of anilines is 1. The lowest BCUT2D eigenvalue weighted by molar-refractivity contribution is 0.949. The average Bonchev–Trinajstić information content (AvgIpc) is 2.91. The van der Waals surface area contributed by atoms with Gasteiger partial charge in [0.25, 0.3) is 0 Å². The van der Waals surface area contributed by atoms with Crippen LogP contribution in [0.3, 0.4) is 0 Å². The number of aryl methyl sites for hydroxylation is 1. The molecule has 88 valence electrons. The minimum absolute atomic E-state index is 1.12. The molecule has 0 bridgehead atoms. The van der Waals surface area contributed by atoms with E-state index in [2.05, 4.69) is 48.2 Å². The summed E-state index contributed by atoms with van der Waals surface area (Å²) >= 11 is 0. The van der Waals surface area contributed by atoms with E-state index in [9.17, 15) is 0 Å². The molecule has 0 aromatic heterocycles. The van der Waals surface area contributed by atoms with E-state index < -0.39 is 0 Å². The van der Waals surface area contributed by atoms with E-state index in [1.807, 2.05) is 0 Å². The van der Waals surface area contributed by atoms with Gasteiger partial charge in [0.05, 0.1) is 0 Å². The van der Waals surface area contributed by atoms with Crippen molar-refractivity contribution in [2.75, 3.05) is 18.0 Å². The Morgan fingerprint density at radius 1 is 1.00 bits per heavy atom. The van der Waals surface area contributed by atoms with Crippen molar-refractivity contribution in [2.24, 2.45) is 0 Å². The van der Waals surface area contributed by atoms with Gasteiger partial charge < -0.3 is 4.90 Å². The van der Waals surface area contributed by atoms with Gasteiger partial charge in [-0.15, -0.1) is 0 Å². The van der Waals surface area contributed by atoms with Crippen LogP contribution in [0.4, 0.5) is 5.69 Å². The van der Waals surface area contributed by atoms with Gasteiger partial charge >= 0.3 is 0 Å². The van der Waals surface area contributed by atoms with E-state index in [4.69, 9.17) is 0 Å². The van der Waals surface area contributed by atoms with Crippen molar-refractivity contribution in [1.29, 1.82) is 0 Å². The van der Waals surface area contributed by atoms with Gasteiger partial charge in [0.2, 0.25) is 0 Å². The van der Waals surface area contributed by atoms with Crippen molar-refractivity contribution >= 4 is 16.5 Å². The highest BCUT2D eigenvalue weighted by molar-refractivity contribution is 5.90. The summed E-state index contributed by atoms with van der Waals surface area (Å²) in [5, 5.41) is 2.80. The number of nitrogens with zero attached hydrogens (tertiary/aromatic N) is 1. The lowest BCUT2D eigenvalue weighted by Crippen LogP contribution is -2.19. The number of fused-ring (bicyclic) bond motifs is 1. The molecule has 17 heavy (non-hydrogen) atoms. The fourth-order valence-electron chi connectivity index (χ4n) is 2.95. The summed E-state index contributed by atoms with van der Waals surface area (Å²) < 4.78 is 0. The highest BCUT2D eigenvalue weighted by atomic mass is 15.1. The normalized spacial score (nSPS) is 15.7. The Morgan fingerprint density at radius 3 is 2.53 bits per heavy atom. The minimum atomic E-state index is 1.12. The van der Waals surface area contributed by atoms with Crippen LogP contribution in [-0.4, -0.2) is 13.1 Å². The van der Waals surface area contributed by atoms with Crippen LogP contribution >= 0.6 is 0 Å². The fraction of sp³-hybridized carbons (Fsp3) is 0.375. The molecule has 1 saturated heterocycles. The second-order valence-corrected chi connectivity index (χ2v) is 4.83. The second kappa shape index (κ2) is 4.40. The van der Waals surface area contributed by atoms with E-state index >= 15 is 0 Å². The zero-order valence-corrected chi connectivity index (χ0v) is 10.4. The van der Waals surface area contributed by atoms with E-state index in [1.165, 1.54) is 48.0 Å². The van der Waals surface area contributed by atoms with Crippen molar-refractivity contribution in [2.45, 2.75) is 26.2 Å². The van der Waals surface area contributed by atoms with Crippen molar-refractivity contribution in [1.82, 2.24) is 0 Å². The lowest BCUT2D eigenvalue weighted by atomic mass is 10.00. The molecule has 1 heterocycles. The first-order valence-corrected chi connectivity index (χ1v) is 6.65. The largest absolute Gasteiger partial charge is 0.371 e. The zero-order chi connectivity index (χ0) is 11.7. The van der Waals surface area contributed by atoms with Gasteiger partial charge in [-0.1, -0.05) is 37.3 Å². The Labute approximate surface area is 103 Å². The van der Waals surface area contributed by atoms with Crippen molar-refractivity contribution in [3.05, 3.63) is 42.0 Å². The molecule has 1 heteroatoms. The summed E-state index contributed by atoms with van der Waals surface area (Å²) in [6, 6.07) is 13.3. The monoisotopic (exact) mass is 225 g/mol. The van der Waals surface area contributed by atoms with E-state index in [0.29, 0.717) is 0 Å². The Balaban J connectivity index is 2.17. The van der Waals surface area contributed by atoms with E-state index in [0.717, 1.165) is 6.42 Å². The third-order valence-corrected chi connectivity index (χ3v) is 3.82. The molecular weight excluding hydrogens is 206 g/mol. The Bertz CT molecular complexity index is 524. The summed E-state index contributed by atoms with van der Waals surface area (Å²) in [5.74, 6) is 0. The van der Waals surface area contributed by atoms with Gasteiger partial charge in [-0.05, 0) is 41.7 Å². The molecule has 0 N–H and O–H groups in total. The van der Waals surface area contributed by atoms with E-state index in [-0.39, 0.29) is 0 Å². The smallest absolute Gasteiger partial charge is 0.0405 e. The molecule has 0 amide bonds. The maximum Gasteiger partial charge on any atom is 0.0405 e. The molecule has 1 fully saturated rings. The number of hydrogen-bond donors (Lipinski definition) is 0. The highest BCUT2D eigenvalue weighted by Crippen LogP contribution is 2.31. The highest BCUT2D eigenvalue weighted by Gasteiger charge is 2.16. The minimum Gasteiger partial charge on any atom is -0.371 e. The molecule has 1 aliphatic heterocycles. The standard InChI is InChI=1S/C16H19N/c1-2-14-15-8-4-3-7-13(15)9-10-16(14)17-11-5-6-12-17/h3-4,7-10H,2,5-6,11-12H2,1H3.